The largest absolute Gasteiger partial charge is 0.342 e. The lowest BCUT2D eigenvalue weighted by Crippen LogP contribution is -2.29. The Kier molecular flexibility index (Phi) is 4.46. The summed E-state index contributed by atoms with van der Waals surface area (Å²) in [5.41, 5.74) is 6.67. The van der Waals surface area contributed by atoms with Crippen LogP contribution < -0.4 is 11.1 Å². The first-order valence-corrected chi connectivity index (χ1v) is 6.54. The van der Waals surface area contributed by atoms with E-state index in [1.807, 2.05) is 20.0 Å². The highest BCUT2D eigenvalue weighted by atomic mass is 16.2. The molecule has 0 radical (unpaired) electrons. The zero-order valence-corrected chi connectivity index (χ0v) is 11.7. The number of hydrogen-bond donors (Lipinski definition) is 2. The molecule has 1 atom stereocenters. The van der Waals surface area contributed by atoms with Crippen LogP contribution >= 0.6 is 0 Å². The van der Waals surface area contributed by atoms with Crippen molar-refractivity contribution in [3.63, 3.8) is 0 Å². The molecule has 0 bridgehead atoms. The van der Waals surface area contributed by atoms with Crippen LogP contribution in [0.25, 0.3) is 0 Å². The van der Waals surface area contributed by atoms with Gasteiger partial charge in [0.25, 0.3) is 5.91 Å². The van der Waals surface area contributed by atoms with Gasteiger partial charge in [0.2, 0.25) is 0 Å². The summed E-state index contributed by atoms with van der Waals surface area (Å²) in [6.07, 6.45) is 4.07. The number of amides is 1. The van der Waals surface area contributed by atoms with Crippen LogP contribution in [0.15, 0.2) is 18.5 Å². The maximum absolute atomic E-state index is 12.2. The van der Waals surface area contributed by atoms with E-state index in [4.69, 9.17) is 5.73 Å². The van der Waals surface area contributed by atoms with E-state index in [2.05, 4.69) is 20.7 Å². The van der Waals surface area contributed by atoms with Gasteiger partial charge >= 0.3 is 0 Å². The average Bonchev–Trinajstić information content (AvgIpc) is 3.05. The van der Waals surface area contributed by atoms with Gasteiger partial charge in [-0.1, -0.05) is 12.1 Å². The molecule has 108 valence electrons. The van der Waals surface area contributed by atoms with E-state index in [0.29, 0.717) is 18.8 Å². The fourth-order valence-corrected chi connectivity index (χ4v) is 1.99. The highest BCUT2D eigenvalue weighted by Crippen LogP contribution is 2.15. The summed E-state index contributed by atoms with van der Waals surface area (Å²) >= 11 is 0. The van der Waals surface area contributed by atoms with Gasteiger partial charge in [-0.2, -0.15) is 5.10 Å². The van der Waals surface area contributed by atoms with Gasteiger partial charge in [0.15, 0.2) is 5.69 Å². The number of nitrogens with one attached hydrogen (secondary N) is 1. The van der Waals surface area contributed by atoms with Crippen molar-refractivity contribution in [3.8, 4) is 0 Å². The standard InChI is InChI=1S/C12H19N7O/c1-3-9(11-4-6-14-18(11)2)15-12(20)10-8-19(7-5-13)17-16-10/h4,6,8-9H,3,5,7,13H2,1-2H3,(H,15,20)/t9-/m1/s1. The Balaban J connectivity index is 2.07. The van der Waals surface area contributed by atoms with E-state index >= 15 is 0 Å². The summed E-state index contributed by atoms with van der Waals surface area (Å²) in [5.74, 6) is -0.249. The van der Waals surface area contributed by atoms with E-state index in [0.717, 1.165) is 12.1 Å². The Morgan fingerprint density at radius 2 is 2.35 bits per heavy atom. The maximum atomic E-state index is 12.2. The summed E-state index contributed by atoms with van der Waals surface area (Å²) in [6, 6.07) is 1.79. The van der Waals surface area contributed by atoms with Crippen molar-refractivity contribution < 1.29 is 4.79 Å². The van der Waals surface area contributed by atoms with E-state index in [1.165, 1.54) is 0 Å². The number of aryl methyl sites for hydroxylation is 1. The predicted octanol–water partition coefficient (Wildman–Crippen LogP) is -0.149. The summed E-state index contributed by atoms with van der Waals surface area (Å²) in [4.78, 5) is 12.2. The molecule has 8 heteroatoms. The van der Waals surface area contributed by atoms with E-state index in [1.54, 1.807) is 21.8 Å². The third-order valence-corrected chi connectivity index (χ3v) is 3.06. The molecule has 0 fully saturated rings. The normalized spacial score (nSPS) is 12.3. The lowest BCUT2D eigenvalue weighted by molar-refractivity contribution is 0.0929. The number of rotatable bonds is 6. The van der Waals surface area contributed by atoms with Gasteiger partial charge in [-0.25, -0.2) is 0 Å². The minimum Gasteiger partial charge on any atom is -0.342 e. The average molecular weight is 277 g/mol. The first-order valence-electron chi connectivity index (χ1n) is 6.54. The lowest BCUT2D eigenvalue weighted by Gasteiger charge is -2.16. The molecule has 1 amide bonds. The fraction of sp³-hybridized carbons (Fsp3) is 0.500. The minimum absolute atomic E-state index is 0.102. The van der Waals surface area contributed by atoms with Crippen molar-refractivity contribution >= 4 is 5.91 Å². The Hall–Kier alpha value is -2.22. The van der Waals surface area contributed by atoms with Crippen LogP contribution in [-0.4, -0.2) is 37.2 Å². The molecule has 2 rings (SSSR count). The van der Waals surface area contributed by atoms with Crippen LogP contribution in [0.2, 0.25) is 0 Å². The number of carbonyl (C=O) groups excluding carboxylic acids is 1. The van der Waals surface area contributed by atoms with Gasteiger partial charge < -0.3 is 11.1 Å². The molecule has 0 aliphatic rings. The van der Waals surface area contributed by atoms with Gasteiger partial charge in [-0.05, 0) is 12.5 Å². The SMILES string of the molecule is CC[C@@H](NC(=O)c1cn(CCN)nn1)c1ccnn1C. The second kappa shape index (κ2) is 6.29. The molecular weight excluding hydrogens is 258 g/mol. The van der Waals surface area contributed by atoms with Gasteiger partial charge in [-0.3, -0.25) is 14.2 Å². The van der Waals surface area contributed by atoms with Crippen LogP contribution in [0.3, 0.4) is 0 Å². The number of carbonyl (C=O) groups is 1. The topological polar surface area (TPSA) is 104 Å². The first kappa shape index (κ1) is 14.2. The van der Waals surface area contributed by atoms with Crippen LogP contribution in [0.5, 0.6) is 0 Å². The number of nitrogens with zero attached hydrogens (tertiary/aromatic N) is 5. The summed E-state index contributed by atoms with van der Waals surface area (Å²) in [6.45, 7) is 3.00. The maximum Gasteiger partial charge on any atom is 0.273 e. The van der Waals surface area contributed by atoms with Crippen LogP contribution in [-0.2, 0) is 13.6 Å². The monoisotopic (exact) mass is 277 g/mol. The smallest absolute Gasteiger partial charge is 0.273 e. The molecule has 0 aliphatic carbocycles. The molecule has 0 unspecified atom stereocenters. The molecule has 8 nitrogen and oxygen atoms in total. The number of aromatic nitrogens is 5. The second-order valence-electron chi connectivity index (χ2n) is 4.47. The van der Waals surface area contributed by atoms with Gasteiger partial charge in [0, 0.05) is 19.8 Å². The first-order chi connectivity index (χ1) is 9.65. The van der Waals surface area contributed by atoms with Gasteiger partial charge in [-0.15, -0.1) is 5.10 Å². The van der Waals surface area contributed by atoms with Gasteiger partial charge in [0.05, 0.1) is 24.5 Å². The Bertz CT molecular complexity index is 574. The molecule has 2 aromatic rings. The van der Waals surface area contributed by atoms with E-state index in [9.17, 15) is 4.79 Å². The predicted molar refractivity (Wildman–Crippen MR) is 72.8 cm³/mol. The zero-order chi connectivity index (χ0) is 14.5. The third kappa shape index (κ3) is 3.02. The summed E-state index contributed by atoms with van der Waals surface area (Å²) < 4.78 is 3.31. The highest BCUT2D eigenvalue weighted by Gasteiger charge is 2.18. The van der Waals surface area contributed by atoms with E-state index in [-0.39, 0.29) is 11.9 Å². The van der Waals surface area contributed by atoms with E-state index < -0.39 is 0 Å². The molecule has 0 aliphatic heterocycles. The quantitative estimate of drug-likeness (QED) is 0.764. The number of nitrogens with two attached hydrogens (primary N) is 1. The van der Waals surface area contributed by atoms with Crippen molar-refractivity contribution in [2.75, 3.05) is 6.54 Å². The Morgan fingerprint density at radius 3 is 2.95 bits per heavy atom. The van der Waals surface area contributed by atoms with Crippen LogP contribution in [0.4, 0.5) is 0 Å². The van der Waals surface area contributed by atoms with Crippen molar-refractivity contribution in [1.29, 1.82) is 0 Å². The molecule has 3 N–H and O–H groups in total. The zero-order valence-electron chi connectivity index (χ0n) is 11.7. The molecule has 20 heavy (non-hydrogen) atoms. The molecule has 2 aromatic heterocycles. The number of hydrogen-bond acceptors (Lipinski definition) is 5. The highest BCUT2D eigenvalue weighted by molar-refractivity contribution is 5.92. The summed E-state index contributed by atoms with van der Waals surface area (Å²) in [5, 5.41) is 14.7. The van der Waals surface area contributed by atoms with Crippen molar-refractivity contribution in [1.82, 2.24) is 30.1 Å². The van der Waals surface area contributed by atoms with Gasteiger partial charge in [0.1, 0.15) is 0 Å². The van der Waals surface area contributed by atoms with Crippen molar-refractivity contribution in [2.24, 2.45) is 12.8 Å². The molecule has 2 heterocycles. The van der Waals surface area contributed by atoms with Crippen molar-refractivity contribution in [3.05, 3.63) is 29.8 Å². The molecule has 0 saturated carbocycles. The second-order valence-corrected chi connectivity index (χ2v) is 4.47. The van der Waals surface area contributed by atoms with Crippen LogP contribution in [0, 0.1) is 0 Å². The Labute approximate surface area is 116 Å². The lowest BCUT2D eigenvalue weighted by atomic mass is 10.1. The minimum atomic E-state index is -0.249. The fourth-order valence-electron chi connectivity index (χ4n) is 1.99. The Morgan fingerprint density at radius 1 is 1.55 bits per heavy atom. The molecule has 0 aromatic carbocycles. The molecular formula is C12H19N7O. The molecule has 0 saturated heterocycles. The summed E-state index contributed by atoms with van der Waals surface area (Å²) in [7, 11) is 1.85. The molecule has 0 spiro atoms. The van der Waals surface area contributed by atoms with Crippen LogP contribution in [0.1, 0.15) is 35.6 Å². The third-order valence-electron chi connectivity index (χ3n) is 3.06. The van der Waals surface area contributed by atoms with Crippen molar-refractivity contribution in [2.45, 2.75) is 25.9 Å².